The van der Waals surface area contributed by atoms with E-state index in [1.54, 1.807) is 6.08 Å². The number of amides is 1. The van der Waals surface area contributed by atoms with Gasteiger partial charge in [0.1, 0.15) is 73.2 Å². The number of aliphatic hydroxyl groups is 11. The third-order valence-corrected chi connectivity index (χ3v) is 19.8. The topological polar surface area (TPSA) is 307 Å². The predicted molar refractivity (Wildman–Crippen MR) is 388 cm³/mol. The molecule has 12 N–H and O–H groups in total. The minimum absolute atomic E-state index is 0.239. The van der Waals surface area contributed by atoms with Crippen molar-refractivity contribution in [3.05, 3.63) is 48.6 Å². The molecule has 19 nitrogen and oxygen atoms in total. The molecule has 17 unspecified atom stereocenters. The number of aliphatic hydroxyl groups excluding tert-OH is 11. The van der Waals surface area contributed by atoms with Crippen LogP contribution in [0.15, 0.2) is 48.6 Å². The second kappa shape index (κ2) is 60.1. The molecule has 0 aliphatic carbocycles. The van der Waals surface area contributed by atoms with E-state index < -0.39 is 124 Å². The monoisotopic (exact) mass is 1400 g/mol. The van der Waals surface area contributed by atoms with Gasteiger partial charge in [-0.05, 0) is 64.2 Å². The zero-order valence-electron chi connectivity index (χ0n) is 61.3. The Morgan fingerprint density at radius 1 is 0.367 bits per heavy atom. The molecule has 19 heteroatoms. The van der Waals surface area contributed by atoms with Crippen molar-refractivity contribution in [3.8, 4) is 0 Å². The quantitative estimate of drug-likeness (QED) is 0.0199. The van der Waals surface area contributed by atoms with Gasteiger partial charge in [0.05, 0.1) is 38.6 Å². The molecule has 3 fully saturated rings. The van der Waals surface area contributed by atoms with Crippen LogP contribution in [0.4, 0.5) is 0 Å². The van der Waals surface area contributed by atoms with Gasteiger partial charge in [0.2, 0.25) is 5.91 Å². The van der Waals surface area contributed by atoms with Crippen LogP contribution in [0.1, 0.15) is 316 Å². The molecule has 3 aliphatic heterocycles. The fourth-order valence-corrected chi connectivity index (χ4v) is 13.4. The zero-order chi connectivity index (χ0) is 71.1. The second-order valence-corrected chi connectivity index (χ2v) is 28.5. The van der Waals surface area contributed by atoms with Crippen LogP contribution in [0.5, 0.6) is 0 Å². The van der Waals surface area contributed by atoms with Crippen molar-refractivity contribution in [3.63, 3.8) is 0 Å². The number of nitrogens with one attached hydrogen (secondary N) is 1. The predicted octanol–water partition coefficient (Wildman–Crippen LogP) is 12.9. The number of hydrogen-bond donors (Lipinski definition) is 12. The number of carbonyl (C=O) groups is 1. The Bertz CT molecular complexity index is 1960. The molecular formula is C79H145NO18. The molecule has 0 aromatic carbocycles. The van der Waals surface area contributed by atoms with Crippen LogP contribution in [0.25, 0.3) is 0 Å². The lowest BCUT2D eigenvalue weighted by molar-refractivity contribution is -0.379. The Morgan fingerprint density at radius 2 is 0.684 bits per heavy atom. The SMILES string of the molecule is CCCCCCC/C=C\C/C=C\CCCCCCCCCCCCCCCCCCCCCCCCCCCCCC(=O)NC(COC1OC(CO)C(OC2OC(CO)C(OC3OC(CO)C(O)C(O)C3O)C(O)C2O)C(O)C1O)C(O)/C=C/CC/C=C/CCCCCCCCCC. The number of hydrogen-bond acceptors (Lipinski definition) is 18. The van der Waals surface area contributed by atoms with Crippen molar-refractivity contribution in [2.45, 2.75) is 420 Å². The lowest BCUT2D eigenvalue weighted by Gasteiger charge is -2.48. The van der Waals surface area contributed by atoms with Gasteiger partial charge in [-0.1, -0.05) is 294 Å². The summed E-state index contributed by atoms with van der Waals surface area (Å²) < 4.78 is 34.4. The third-order valence-electron chi connectivity index (χ3n) is 19.8. The summed E-state index contributed by atoms with van der Waals surface area (Å²) in [5, 5.41) is 121. The molecule has 0 radical (unpaired) electrons. The van der Waals surface area contributed by atoms with Gasteiger partial charge in [-0.2, -0.15) is 0 Å². The Kier molecular flexibility index (Phi) is 55.1. The Labute approximate surface area is 593 Å². The second-order valence-electron chi connectivity index (χ2n) is 28.5. The van der Waals surface area contributed by atoms with Gasteiger partial charge in [-0.3, -0.25) is 4.79 Å². The van der Waals surface area contributed by atoms with Crippen molar-refractivity contribution in [2.75, 3.05) is 26.4 Å². The van der Waals surface area contributed by atoms with Crippen molar-refractivity contribution >= 4 is 5.91 Å². The van der Waals surface area contributed by atoms with E-state index in [4.69, 9.17) is 28.4 Å². The smallest absolute Gasteiger partial charge is 0.220 e. The van der Waals surface area contributed by atoms with Gasteiger partial charge in [0.25, 0.3) is 0 Å². The van der Waals surface area contributed by atoms with Crippen molar-refractivity contribution in [1.82, 2.24) is 5.32 Å². The van der Waals surface area contributed by atoms with Crippen molar-refractivity contribution in [2.24, 2.45) is 0 Å². The molecule has 0 aromatic rings. The maximum atomic E-state index is 13.4. The average molecular weight is 1400 g/mol. The molecule has 3 aliphatic rings. The highest BCUT2D eigenvalue weighted by atomic mass is 16.8. The van der Waals surface area contributed by atoms with Gasteiger partial charge in [-0.25, -0.2) is 0 Å². The van der Waals surface area contributed by atoms with Gasteiger partial charge in [0, 0.05) is 6.42 Å². The fourth-order valence-electron chi connectivity index (χ4n) is 13.4. The molecule has 0 spiro atoms. The summed E-state index contributed by atoms with van der Waals surface area (Å²) in [5.74, 6) is -0.281. The highest BCUT2D eigenvalue weighted by Crippen LogP contribution is 2.33. The van der Waals surface area contributed by atoms with Gasteiger partial charge >= 0.3 is 0 Å². The summed E-state index contributed by atoms with van der Waals surface area (Å²) in [6, 6.07) is -0.988. The summed E-state index contributed by atoms with van der Waals surface area (Å²) in [5.41, 5.74) is 0. The van der Waals surface area contributed by atoms with E-state index in [0.29, 0.717) is 12.8 Å². The van der Waals surface area contributed by atoms with E-state index in [-0.39, 0.29) is 18.9 Å². The molecule has 0 aromatic heterocycles. The largest absolute Gasteiger partial charge is 0.394 e. The Balaban J connectivity index is 1.29. The first-order chi connectivity index (χ1) is 47.8. The van der Waals surface area contributed by atoms with Crippen molar-refractivity contribution < 1.29 is 89.4 Å². The zero-order valence-corrected chi connectivity index (χ0v) is 61.3. The van der Waals surface area contributed by atoms with Crippen LogP contribution in [-0.2, 0) is 33.2 Å². The number of unbranched alkanes of at least 4 members (excludes halogenated alkanes) is 41. The Morgan fingerprint density at radius 3 is 1.08 bits per heavy atom. The van der Waals surface area contributed by atoms with Crippen LogP contribution in [0, 0.1) is 0 Å². The molecular weight excluding hydrogens is 1250 g/mol. The van der Waals surface area contributed by atoms with Gasteiger partial charge < -0.3 is 89.9 Å². The molecule has 0 saturated carbocycles. The van der Waals surface area contributed by atoms with Crippen molar-refractivity contribution in [1.29, 1.82) is 0 Å². The number of carbonyl (C=O) groups excluding carboxylic acids is 1. The minimum atomic E-state index is -1.98. The lowest BCUT2D eigenvalue weighted by atomic mass is 9.96. The standard InChI is InChI=1S/C79H145NO18/c1-3-5-7-9-11-13-15-17-19-20-21-22-23-24-25-26-27-28-29-30-31-32-33-34-35-36-37-38-39-40-41-42-43-45-47-49-51-53-55-57-67(85)80-62(63(84)56-54-52-50-48-46-44-18-16-14-12-10-8-6-4-2)61-93-77-73(91)70(88)75(65(59-82)95-77)98-79-74(92)71(89)76(66(60-83)96-79)97-78-72(90)69(87)68(86)64(58-81)94-78/h15,17,20-21,46,48,54,56,62-66,68-79,81-84,86-92H,3-14,16,18-19,22-45,47,49-53,55,57-61H2,1-2H3,(H,80,85)/b17-15-,21-20-,48-46+,56-54+. The molecule has 3 rings (SSSR count). The van der Waals surface area contributed by atoms with Crippen LogP contribution in [0.3, 0.4) is 0 Å². The highest BCUT2D eigenvalue weighted by molar-refractivity contribution is 5.76. The first-order valence-electron chi connectivity index (χ1n) is 39.9. The van der Waals surface area contributed by atoms with E-state index in [1.807, 2.05) is 6.08 Å². The van der Waals surface area contributed by atoms with E-state index in [0.717, 1.165) is 44.9 Å². The lowest BCUT2D eigenvalue weighted by Crippen LogP contribution is -2.66. The molecule has 0 bridgehead atoms. The van der Waals surface area contributed by atoms with Crippen LogP contribution >= 0.6 is 0 Å². The average Bonchev–Trinajstić information content (AvgIpc) is 0.785. The summed E-state index contributed by atoms with van der Waals surface area (Å²) in [6.07, 6.45) is 48.5. The number of allylic oxidation sites excluding steroid dienone is 7. The van der Waals surface area contributed by atoms with E-state index in [2.05, 4.69) is 55.6 Å². The Hall–Kier alpha value is -2.25. The molecule has 3 saturated heterocycles. The first-order valence-corrected chi connectivity index (χ1v) is 39.9. The van der Waals surface area contributed by atoms with E-state index in [9.17, 15) is 61.0 Å². The molecule has 98 heavy (non-hydrogen) atoms. The normalized spacial score (nSPS) is 27.0. The van der Waals surface area contributed by atoms with Gasteiger partial charge in [-0.15, -0.1) is 0 Å². The van der Waals surface area contributed by atoms with Crippen LogP contribution in [0.2, 0.25) is 0 Å². The number of ether oxygens (including phenoxy) is 6. The maximum Gasteiger partial charge on any atom is 0.220 e. The van der Waals surface area contributed by atoms with Crippen LogP contribution in [-0.4, -0.2) is 193 Å². The van der Waals surface area contributed by atoms with Crippen LogP contribution < -0.4 is 5.32 Å². The third kappa shape index (κ3) is 40.1. The van der Waals surface area contributed by atoms with Gasteiger partial charge in [0.15, 0.2) is 18.9 Å². The summed E-state index contributed by atoms with van der Waals surface area (Å²) >= 11 is 0. The summed E-state index contributed by atoms with van der Waals surface area (Å²) in [7, 11) is 0. The molecule has 1 amide bonds. The van der Waals surface area contributed by atoms with E-state index in [1.165, 1.54) is 238 Å². The maximum absolute atomic E-state index is 13.4. The molecule has 17 atom stereocenters. The highest BCUT2D eigenvalue weighted by Gasteiger charge is 2.54. The number of rotatable bonds is 63. The van der Waals surface area contributed by atoms with E-state index >= 15 is 0 Å². The first kappa shape index (κ1) is 90.0. The fraction of sp³-hybridized carbons (Fsp3) is 0.886. The summed E-state index contributed by atoms with van der Waals surface area (Å²) in [6.45, 7) is 1.72. The molecule has 3 heterocycles. The molecule has 574 valence electrons. The minimum Gasteiger partial charge on any atom is -0.394 e. The summed E-state index contributed by atoms with van der Waals surface area (Å²) in [4.78, 5) is 13.4.